The number of carbonyl (C=O) groups excluding carboxylic acids is 1. The maximum absolute atomic E-state index is 12.2. The van der Waals surface area contributed by atoms with Gasteiger partial charge in [-0.25, -0.2) is 0 Å². The van der Waals surface area contributed by atoms with Crippen molar-refractivity contribution in [2.45, 2.75) is 46.0 Å². The Morgan fingerprint density at radius 1 is 1.04 bits per heavy atom. The zero-order valence-corrected chi connectivity index (χ0v) is 15.0. The second-order valence-corrected chi connectivity index (χ2v) is 6.46. The van der Waals surface area contributed by atoms with E-state index in [0.717, 1.165) is 17.7 Å². The molecule has 2 aromatic carbocycles. The molecule has 1 unspecified atom stereocenters. The number of hydrogen-bond acceptors (Lipinski definition) is 2. The van der Waals surface area contributed by atoms with Crippen LogP contribution in [0.25, 0.3) is 0 Å². The normalized spacial score (nSPS) is 12.0. The molecule has 1 N–H and O–H groups in total. The monoisotopic (exact) mass is 325 g/mol. The van der Waals surface area contributed by atoms with Gasteiger partial charge in [-0.2, -0.15) is 0 Å². The van der Waals surface area contributed by atoms with Gasteiger partial charge in [-0.05, 0) is 47.6 Å². The topological polar surface area (TPSA) is 38.3 Å². The van der Waals surface area contributed by atoms with Crippen molar-refractivity contribution in [1.82, 2.24) is 0 Å². The van der Waals surface area contributed by atoms with Crippen LogP contribution in [-0.2, 0) is 4.79 Å². The van der Waals surface area contributed by atoms with Crippen molar-refractivity contribution in [2.24, 2.45) is 0 Å². The molecule has 2 aromatic rings. The Balaban J connectivity index is 1.94. The smallest absolute Gasteiger partial charge is 0.262 e. The minimum Gasteiger partial charge on any atom is -0.484 e. The highest BCUT2D eigenvalue weighted by atomic mass is 16.5. The van der Waals surface area contributed by atoms with Crippen LogP contribution in [-0.4, -0.2) is 12.5 Å². The molecule has 0 radical (unpaired) electrons. The van der Waals surface area contributed by atoms with Crippen LogP contribution in [0.2, 0.25) is 0 Å². The first kappa shape index (κ1) is 18.1. The summed E-state index contributed by atoms with van der Waals surface area (Å²) in [7, 11) is 0. The minimum atomic E-state index is -0.140. The summed E-state index contributed by atoms with van der Waals surface area (Å²) in [5.74, 6) is 1.47. The molecule has 1 atom stereocenters. The van der Waals surface area contributed by atoms with E-state index in [2.05, 4.69) is 39.1 Å². The van der Waals surface area contributed by atoms with E-state index in [1.54, 1.807) is 0 Å². The van der Waals surface area contributed by atoms with Gasteiger partial charge in [-0.3, -0.25) is 4.79 Å². The van der Waals surface area contributed by atoms with E-state index in [1.807, 2.05) is 42.5 Å². The van der Waals surface area contributed by atoms with Crippen LogP contribution in [0.1, 0.15) is 57.1 Å². The molecule has 1 amide bonds. The molecule has 128 valence electrons. The molecule has 3 nitrogen and oxygen atoms in total. The second kappa shape index (κ2) is 8.53. The zero-order chi connectivity index (χ0) is 17.5. The summed E-state index contributed by atoms with van der Waals surface area (Å²) in [5.41, 5.74) is 3.29. The summed E-state index contributed by atoms with van der Waals surface area (Å²) in [6.07, 6.45) is 1.03. The lowest BCUT2D eigenvalue weighted by Gasteiger charge is -2.16. The molecule has 2 rings (SSSR count). The van der Waals surface area contributed by atoms with E-state index in [4.69, 9.17) is 4.74 Å². The van der Waals surface area contributed by atoms with Crippen molar-refractivity contribution < 1.29 is 9.53 Å². The van der Waals surface area contributed by atoms with Gasteiger partial charge in [-0.15, -0.1) is 0 Å². The van der Waals surface area contributed by atoms with Crippen LogP contribution >= 0.6 is 0 Å². The van der Waals surface area contributed by atoms with Crippen LogP contribution in [0.15, 0.2) is 48.5 Å². The molecule has 0 fully saturated rings. The Bertz CT molecular complexity index is 662. The van der Waals surface area contributed by atoms with E-state index in [1.165, 1.54) is 5.56 Å². The Kier molecular flexibility index (Phi) is 6.42. The predicted molar refractivity (Wildman–Crippen MR) is 99.8 cm³/mol. The summed E-state index contributed by atoms with van der Waals surface area (Å²) >= 11 is 0. The number of para-hydroxylation sites is 1. The molecule has 0 aromatic heterocycles. The largest absolute Gasteiger partial charge is 0.484 e. The van der Waals surface area contributed by atoms with Crippen molar-refractivity contribution in [3.63, 3.8) is 0 Å². The lowest BCUT2D eigenvalue weighted by Crippen LogP contribution is -2.21. The third-order valence-corrected chi connectivity index (χ3v) is 4.29. The lowest BCUT2D eigenvalue weighted by atomic mass is 9.97. The van der Waals surface area contributed by atoms with Crippen molar-refractivity contribution in [3.05, 3.63) is 59.7 Å². The number of benzene rings is 2. The van der Waals surface area contributed by atoms with Gasteiger partial charge in [0, 0.05) is 5.69 Å². The summed E-state index contributed by atoms with van der Waals surface area (Å²) in [6, 6.07) is 15.8. The fourth-order valence-corrected chi connectivity index (χ4v) is 2.54. The summed E-state index contributed by atoms with van der Waals surface area (Å²) < 4.78 is 5.59. The van der Waals surface area contributed by atoms with Crippen molar-refractivity contribution in [3.8, 4) is 5.75 Å². The maximum Gasteiger partial charge on any atom is 0.262 e. The molecule has 0 spiro atoms. The van der Waals surface area contributed by atoms with Gasteiger partial charge >= 0.3 is 0 Å². The van der Waals surface area contributed by atoms with Crippen LogP contribution in [0.5, 0.6) is 5.75 Å². The molecular formula is C21H27NO2. The van der Waals surface area contributed by atoms with Crippen molar-refractivity contribution >= 4 is 11.6 Å². The third kappa shape index (κ3) is 4.85. The Morgan fingerprint density at radius 2 is 1.71 bits per heavy atom. The number of carbonyl (C=O) groups is 1. The van der Waals surface area contributed by atoms with Gasteiger partial charge in [0.1, 0.15) is 5.75 Å². The third-order valence-electron chi connectivity index (χ3n) is 4.29. The van der Waals surface area contributed by atoms with E-state index in [9.17, 15) is 4.79 Å². The maximum atomic E-state index is 12.2. The highest BCUT2D eigenvalue weighted by Crippen LogP contribution is 2.26. The molecule has 0 saturated carbocycles. The van der Waals surface area contributed by atoms with Gasteiger partial charge < -0.3 is 10.1 Å². The van der Waals surface area contributed by atoms with E-state index in [-0.39, 0.29) is 12.5 Å². The van der Waals surface area contributed by atoms with Gasteiger partial charge in [0.25, 0.3) is 5.91 Å². The van der Waals surface area contributed by atoms with Gasteiger partial charge in [-0.1, -0.05) is 58.0 Å². The fraction of sp³-hybridized carbons (Fsp3) is 0.381. The summed E-state index contributed by atoms with van der Waals surface area (Å²) in [4.78, 5) is 12.2. The first-order chi connectivity index (χ1) is 11.5. The first-order valence-corrected chi connectivity index (χ1v) is 8.62. The predicted octanol–water partition coefficient (Wildman–Crippen LogP) is 5.34. The molecule has 0 heterocycles. The first-order valence-electron chi connectivity index (χ1n) is 8.62. The number of rotatable bonds is 7. The number of anilines is 1. The van der Waals surface area contributed by atoms with Gasteiger partial charge in [0.05, 0.1) is 0 Å². The zero-order valence-electron chi connectivity index (χ0n) is 15.0. The Morgan fingerprint density at radius 3 is 2.33 bits per heavy atom. The average Bonchev–Trinajstić information content (AvgIpc) is 2.60. The summed E-state index contributed by atoms with van der Waals surface area (Å²) in [5, 5.41) is 2.96. The van der Waals surface area contributed by atoms with Crippen molar-refractivity contribution in [2.75, 3.05) is 11.9 Å². The highest BCUT2D eigenvalue weighted by molar-refractivity contribution is 5.92. The van der Waals surface area contributed by atoms with Crippen molar-refractivity contribution in [1.29, 1.82) is 0 Å². The molecule has 0 saturated heterocycles. The van der Waals surface area contributed by atoms with Crippen LogP contribution in [0.4, 0.5) is 5.69 Å². The van der Waals surface area contributed by atoms with E-state index < -0.39 is 0 Å². The van der Waals surface area contributed by atoms with E-state index >= 15 is 0 Å². The van der Waals surface area contributed by atoms with Gasteiger partial charge in [0.2, 0.25) is 0 Å². The summed E-state index contributed by atoms with van der Waals surface area (Å²) in [6.45, 7) is 8.62. The Hall–Kier alpha value is -2.29. The Labute approximate surface area is 145 Å². The standard InChI is InChI=1S/C21H27NO2/c1-5-16(4)19-8-6-7-9-20(19)22-21(23)14-24-18-12-10-17(11-13-18)15(2)3/h6-13,15-16H,5,14H2,1-4H3,(H,22,23). The van der Waals surface area contributed by atoms with Gasteiger partial charge in [0.15, 0.2) is 6.61 Å². The fourth-order valence-electron chi connectivity index (χ4n) is 2.54. The number of hydrogen-bond donors (Lipinski definition) is 1. The molecular weight excluding hydrogens is 298 g/mol. The molecule has 0 aliphatic carbocycles. The number of amides is 1. The molecule has 3 heteroatoms. The quantitative estimate of drug-likeness (QED) is 0.746. The average molecular weight is 325 g/mol. The molecule has 0 aliphatic rings. The number of ether oxygens (including phenoxy) is 1. The number of nitrogens with one attached hydrogen (secondary N) is 1. The highest BCUT2D eigenvalue weighted by Gasteiger charge is 2.11. The molecule has 0 bridgehead atoms. The van der Waals surface area contributed by atoms with Crippen LogP contribution in [0.3, 0.4) is 0 Å². The van der Waals surface area contributed by atoms with E-state index in [0.29, 0.717) is 17.6 Å². The molecule has 24 heavy (non-hydrogen) atoms. The minimum absolute atomic E-state index is 0.00979. The lowest BCUT2D eigenvalue weighted by molar-refractivity contribution is -0.118. The molecule has 0 aliphatic heterocycles. The second-order valence-electron chi connectivity index (χ2n) is 6.46. The van der Waals surface area contributed by atoms with Crippen LogP contribution < -0.4 is 10.1 Å². The SMILES string of the molecule is CCC(C)c1ccccc1NC(=O)COc1ccc(C(C)C)cc1. The van der Waals surface area contributed by atoms with Crippen LogP contribution in [0, 0.1) is 0 Å².